The zero-order valence-electron chi connectivity index (χ0n) is 11.5. The first-order chi connectivity index (χ1) is 10.2. The molecule has 2 aromatic rings. The van der Waals surface area contributed by atoms with Crippen molar-refractivity contribution in [2.45, 2.75) is 4.90 Å². The van der Waals surface area contributed by atoms with Crippen LogP contribution >= 0.6 is 11.8 Å². The van der Waals surface area contributed by atoms with Gasteiger partial charge in [0.25, 0.3) is 5.91 Å². The Kier molecular flexibility index (Phi) is 5.38. The molecule has 21 heavy (non-hydrogen) atoms. The monoisotopic (exact) mass is 298 g/mol. The number of nitrogens with one attached hydrogen (secondary N) is 1. The van der Waals surface area contributed by atoms with Gasteiger partial charge in [0.1, 0.15) is 12.3 Å². The summed E-state index contributed by atoms with van der Waals surface area (Å²) in [6, 6.07) is 11.0. The number of anilines is 1. The molecule has 0 aliphatic rings. The highest BCUT2D eigenvalue weighted by molar-refractivity contribution is 7.98. The molecule has 2 N–H and O–H groups in total. The lowest BCUT2D eigenvalue weighted by Gasteiger charge is -2.07. The molecule has 0 saturated heterocycles. The summed E-state index contributed by atoms with van der Waals surface area (Å²) < 4.78 is 0. The van der Waals surface area contributed by atoms with Crippen LogP contribution in [-0.2, 0) is 0 Å². The number of carbonyl (C=O) groups is 1. The summed E-state index contributed by atoms with van der Waals surface area (Å²) in [6.45, 7) is -0.258. The van der Waals surface area contributed by atoms with Crippen molar-refractivity contribution in [3.05, 3.63) is 53.9 Å². The molecule has 0 fully saturated rings. The number of benzene rings is 1. The minimum Gasteiger partial charge on any atom is -0.384 e. The van der Waals surface area contributed by atoms with Gasteiger partial charge in [0.05, 0.1) is 5.56 Å². The second kappa shape index (κ2) is 7.48. The number of carbonyl (C=O) groups excluding carboxylic acids is 1. The molecule has 1 heterocycles. The molecule has 106 valence electrons. The van der Waals surface area contributed by atoms with Gasteiger partial charge >= 0.3 is 0 Å². The zero-order chi connectivity index (χ0) is 15.1. The molecular formula is C16H14N2O2S. The zero-order valence-corrected chi connectivity index (χ0v) is 12.3. The van der Waals surface area contributed by atoms with Crippen molar-refractivity contribution in [1.82, 2.24) is 4.98 Å². The van der Waals surface area contributed by atoms with Gasteiger partial charge in [-0.3, -0.25) is 4.79 Å². The maximum absolute atomic E-state index is 12.3. The summed E-state index contributed by atoms with van der Waals surface area (Å²) in [4.78, 5) is 17.4. The van der Waals surface area contributed by atoms with Crippen LogP contribution in [0.2, 0.25) is 0 Å². The SMILES string of the molecule is CSc1cccc(NC(=O)c2ncccc2C#CCO)c1. The number of aromatic nitrogens is 1. The number of aliphatic hydroxyl groups is 1. The number of nitrogens with zero attached hydrogens (tertiary/aromatic N) is 1. The third-order valence-electron chi connectivity index (χ3n) is 2.65. The number of pyridine rings is 1. The Morgan fingerprint density at radius 2 is 2.24 bits per heavy atom. The van der Waals surface area contributed by atoms with E-state index in [1.165, 1.54) is 6.20 Å². The minimum atomic E-state index is -0.323. The van der Waals surface area contributed by atoms with Crippen molar-refractivity contribution in [2.75, 3.05) is 18.2 Å². The molecule has 0 unspecified atom stereocenters. The number of thioether (sulfide) groups is 1. The van der Waals surface area contributed by atoms with E-state index >= 15 is 0 Å². The number of amides is 1. The summed E-state index contributed by atoms with van der Waals surface area (Å²) in [7, 11) is 0. The van der Waals surface area contributed by atoms with Crippen molar-refractivity contribution in [3.63, 3.8) is 0 Å². The predicted molar refractivity (Wildman–Crippen MR) is 84.4 cm³/mol. The summed E-state index contributed by atoms with van der Waals surface area (Å²) in [5.41, 5.74) is 1.44. The van der Waals surface area contributed by atoms with Crippen LogP contribution in [-0.4, -0.2) is 28.9 Å². The number of aliphatic hydroxyl groups excluding tert-OH is 1. The van der Waals surface area contributed by atoms with Gasteiger partial charge in [-0.1, -0.05) is 17.9 Å². The fourth-order valence-corrected chi connectivity index (χ4v) is 2.17. The summed E-state index contributed by atoms with van der Waals surface area (Å²) in [6.07, 6.45) is 3.51. The first-order valence-electron chi connectivity index (χ1n) is 6.24. The van der Waals surface area contributed by atoms with E-state index in [1.54, 1.807) is 23.9 Å². The van der Waals surface area contributed by atoms with Crippen LogP contribution in [0.3, 0.4) is 0 Å². The fourth-order valence-electron chi connectivity index (χ4n) is 1.71. The van der Waals surface area contributed by atoms with Crippen molar-refractivity contribution in [2.24, 2.45) is 0 Å². The van der Waals surface area contributed by atoms with E-state index in [1.807, 2.05) is 30.5 Å². The van der Waals surface area contributed by atoms with Crippen molar-refractivity contribution in [1.29, 1.82) is 0 Å². The van der Waals surface area contributed by atoms with Crippen LogP contribution in [0.15, 0.2) is 47.5 Å². The standard InChI is InChI=1S/C16H14N2O2S/c1-21-14-8-2-7-13(11-14)18-16(20)15-12(6-4-10-19)5-3-9-17-15/h2-3,5,7-9,11,19H,10H2,1H3,(H,18,20). The maximum atomic E-state index is 12.3. The molecule has 0 atom stereocenters. The highest BCUT2D eigenvalue weighted by Gasteiger charge is 2.11. The van der Waals surface area contributed by atoms with Crippen molar-refractivity contribution >= 4 is 23.4 Å². The molecule has 0 saturated carbocycles. The van der Waals surface area contributed by atoms with E-state index in [0.717, 1.165) is 4.90 Å². The van der Waals surface area contributed by atoms with Crippen LogP contribution in [0.4, 0.5) is 5.69 Å². The molecule has 0 aliphatic carbocycles. The lowest BCUT2D eigenvalue weighted by Crippen LogP contribution is -2.15. The average Bonchev–Trinajstić information content (AvgIpc) is 2.53. The third-order valence-corrected chi connectivity index (χ3v) is 3.38. The highest BCUT2D eigenvalue weighted by atomic mass is 32.2. The van der Waals surface area contributed by atoms with Gasteiger partial charge in [-0.05, 0) is 36.6 Å². The van der Waals surface area contributed by atoms with Crippen molar-refractivity contribution < 1.29 is 9.90 Å². The van der Waals surface area contributed by atoms with Gasteiger partial charge in [-0.25, -0.2) is 4.98 Å². The summed E-state index contributed by atoms with van der Waals surface area (Å²) in [5.74, 6) is 4.93. The number of hydrogen-bond acceptors (Lipinski definition) is 4. The summed E-state index contributed by atoms with van der Waals surface area (Å²) >= 11 is 1.60. The molecular weight excluding hydrogens is 284 g/mol. The van der Waals surface area contributed by atoms with Gasteiger partial charge in [-0.15, -0.1) is 11.8 Å². The second-order valence-corrected chi connectivity index (χ2v) is 4.93. The van der Waals surface area contributed by atoms with Crippen LogP contribution in [0, 0.1) is 11.8 Å². The van der Waals surface area contributed by atoms with Gasteiger partial charge in [-0.2, -0.15) is 0 Å². The van der Waals surface area contributed by atoms with Crippen LogP contribution in [0.1, 0.15) is 16.1 Å². The lowest BCUT2D eigenvalue weighted by atomic mass is 10.2. The number of rotatable bonds is 3. The van der Waals surface area contributed by atoms with E-state index in [4.69, 9.17) is 5.11 Å². The lowest BCUT2D eigenvalue weighted by molar-refractivity contribution is 0.102. The normalized spacial score (nSPS) is 9.62. The van der Waals surface area contributed by atoms with Gasteiger partial charge in [0, 0.05) is 16.8 Å². The molecule has 2 rings (SSSR count). The van der Waals surface area contributed by atoms with Crippen LogP contribution in [0.25, 0.3) is 0 Å². The van der Waals surface area contributed by atoms with Gasteiger partial charge < -0.3 is 10.4 Å². The van der Waals surface area contributed by atoms with Crippen molar-refractivity contribution in [3.8, 4) is 11.8 Å². The van der Waals surface area contributed by atoms with E-state index in [0.29, 0.717) is 11.3 Å². The molecule has 0 radical (unpaired) electrons. The Morgan fingerprint density at radius 3 is 3.00 bits per heavy atom. The highest BCUT2D eigenvalue weighted by Crippen LogP contribution is 2.19. The fraction of sp³-hybridized carbons (Fsp3) is 0.125. The smallest absolute Gasteiger partial charge is 0.275 e. The quantitative estimate of drug-likeness (QED) is 0.675. The second-order valence-electron chi connectivity index (χ2n) is 4.05. The molecule has 4 nitrogen and oxygen atoms in total. The van der Waals surface area contributed by atoms with Gasteiger partial charge in [0.2, 0.25) is 0 Å². The van der Waals surface area contributed by atoms with E-state index in [2.05, 4.69) is 22.1 Å². The van der Waals surface area contributed by atoms with Crippen LogP contribution < -0.4 is 5.32 Å². The average molecular weight is 298 g/mol. The Labute approximate surface area is 127 Å². The Morgan fingerprint density at radius 1 is 1.38 bits per heavy atom. The maximum Gasteiger partial charge on any atom is 0.275 e. The molecule has 1 aromatic carbocycles. The Bertz CT molecular complexity index is 705. The van der Waals surface area contributed by atoms with Gasteiger partial charge in [0.15, 0.2) is 0 Å². The summed E-state index contributed by atoms with van der Waals surface area (Å²) in [5, 5.41) is 11.6. The molecule has 0 aliphatic heterocycles. The molecule has 0 bridgehead atoms. The number of hydrogen-bond donors (Lipinski definition) is 2. The minimum absolute atomic E-state index is 0.244. The molecule has 1 amide bonds. The first-order valence-corrected chi connectivity index (χ1v) is 7.47. The van der Waals surface area contributed by atoms with E-state index in [9.17, 15) is 4.79 Å². The predicted octanol–water partition coefficient (Wildman–Crippen LogP) is 2.40. The first kappa shape index (κ1) is 15.1. The molecule has 1 aromatic heterocycles. The topological polar surface area (TPSA) is 62.2 Å². The largest absolute Gasteiger partial charge is 0.384 e. The molecule has 0 spiro atoms. The Hall–Kier alpha value is -2.29. The third kappa shape index (κ3) is 4.09. The van der Waals surface area contributed by atoms with Crippen LogP contribution in [0.5, 0.6) is 0 Å². The molecule has 5 heteroatoms. The van der Waals surface area contributed by atoms with E-state index < -0.39 is 0 Å². The Balaban J connectivity index is 2.24. The van der Waals surface area contributed by atoms with E-state index in [-0.39, 0.29) is 18.2 Å².